The number of ether oxygens (including phenoxy) is 5. The normalized spacial score (nSPS) is 31.8. The molecular formula is C32H34O14. The summed E-state index contributed by atoms with van der Waals surface area (Å²) < 4.78 is 34.8. The topological polar surface area (TPSA) is 215 Å². The number of phenolic OH excluding ortho intramolecular Hbond substituents is 1. The average Bonchev–Trinajstić information content (AvgIpc) is 3.01. The zero-order valence-electron chi connectivity index (χ0n) is 25.2. The SMILES string of the molecule is CO[C@H]1[C@H](O)[C@@H](O[C@@H]2[C@H](Oc3cccc4c(O)cc5c(oc(=O)c6c(C)ccc(C(=O)O)c65)c34)O[C@H](C)[C@H](O)[C@H]2O)O[C@@H](C)[C@H]1O. The van der Waals surface area contributed by atoms with E-state index < -0.39 is 73.0 Å². The molecular weight excluding hydrogens is 608 g/mol. The minimum Gasteiger partial charge on any atom is -0.507 e. The lowest BCUT2D eigenvalue weighted by atomic mass is 9.96. The van der Waals surface area contributed by atoms with E-state index in [0.717, 1.165) is 0 Å². The van der Waals surface area contributed by atoms with Crippen molar-refractivity contribution in [3.8, 4) is 11.5 Å². The Morgan fingerprint density at radius 2 is 1.52 bits per heavy atom. The number of aryl methyl sites for hydroxylation is 1. The highest BCUT2D eigenvalue weighted by Gasteiger charge is 2.50. The van der Waals surface area contributed by atoms with E-state index in [1.807, 2.05) is 0 Å². The van der Waals surface area contributed by atoms with Crippen LogP contribution in [0.4, 0.5) is 0 Å². The van der Waals surface area contributed by atoms with E-state index in [9.17, 15) is 40.2 Å². The van der Waals surface area contributed by atoms with Gasteiger partial charge in [0, 0.05) is 23.3 Å². The zero-order valence-corrected chi connectivity index (χ0v) is 25.2. The molecule has 6 N–H and O–H groups in total. The number of aliphatic hydroxyl groups is 4. The summed E-state index contributed by atoms with van der Waals surface area (Å²) in [6.45, 7) is 4.67. The molecule has 246 valence electrons. The van der Waals surface area contributed by atoms with Crippen LogP contribution in [0.3, 0.4) is 0 Å². The van der Waals surface area contributed by atoms with Crippen LogP contribution in [0, 0.1) is 6.92 Å². The van der Waals surface area contributed by atoms with Gasteiger partial charge in [-0.25, -0.2) is 9.59 Å². The van der Waals surface area contributed by atoms with Gasteiger partial charge in [0.15, 0.2) is 18.0 Å². The van der Waals surface area contributed by atoms with Crippen LogP contribution in [-0.2, 0) is 18.9 Å². The van der Waals surface area contributed by atoms with Crippen LogP contribution in [0.5, 0.6) is 11.5 Å². The van der Waals surface area contributed by atoms with Crippen LogP contribution in [0.2, 0.25) is 0 Å². The van der Waals surface area contributed by atoms with Gasteiger partial charge < -0.3 is 58.7 Å². The molecule has 6 rings (SSSR count). The van der Waals surface area contributed by atoms with E-state index in [1.165, 1.54) is 44.4 Å². The number of hydrogen-bond acceptors (Lipinski definition) is 13. The number of hydrogen-bond donors (Lipinski definition) is 6. The monoisotopic (exact) mass is 642 g/mol. The number of aromatic hydroxyl groups is 1. The maximum Gasteiger partial charge on any atom is 0.344 e. The van der Waals surface area contributed by atoms with Gasteiger partial charge in [-0.15, -0.1) is 0 Å². The second kappa shape index (κ2) is 12.1. The summed E-state index contributed by atoms with van der Waals surface area (Å²) in [5.41, 5.74) is -0.584. The van der Waals surface area contributed by atoms with Crippen molar-refractivity contribution in [1.29, 1.82) is 0 Å². The fourth-order valence-corrected chi connectivity index (χ4v) is 6.26. The summed E-state index contributed by atoms with van der Waals surface area (Å²) in [6.07, 6.45) is -13.0. The predicted molar refractivity (Wildman–Crippen MR) is 160 cm³/mol. The van der Waals surface area contributed by atoms with Gasteiger partial charge in [0.25, 0.3) is 0 Å². The molecule has 3 heterocycles. The summed E-state index contributed by atoms with van der Waals surface area (Å²) in [5.74, 6) is -1.56. The van der Waals surface area contributed by atoms with Crippen LogP contribution < -0.4 is 10.4 Å². The van der Waals surface area contributed by atoms with Crippen molar-refractivity contribution < 1.29 is 63.5 Å². The minimum atomic E-state index is -1.62. The number of methoxy groups -OCH3 is 1. The molecule has 1 aromatic heterocycles. The molecule has 14 heteroatoms. The molecule has 2 fully saturated rings. The van der Waals surface area contributed by atoms with Gasteiger partial charge in [0.2, 0.25) is 6.29 Å². The number of benzene rings is 3. The molecule has 0 amide bonds. The van der Waals surface area contributed by atoms with Crippen molar-refractivity contribution in [3.05, 3.63) is 57.9 Å². The lowest BCUT2D eigenvalue weighted by Gasteiger charge is -2.46. The van der Waals surface area contributed by atoms with Crippen LogP contribution in [0.1, 0.15) is 29.8 Å². The molecule has 0 unspecified atom stereocenters. The largest absolute Gasteiger partial charge is 0.507 e. The molecule has 0 radical (unpaired) electrons. The fourth-order valence-electron chi connectivity index (χ4n) is 6.26. The first-order valence-corrected chi connectivity index (χ1v) is 14.6. The van der Waals surface area contributed by atoms with Crippen LogP contribution in [0.15, 0.2) is 45.6 Å². The molecule has 2 aliphatic rings. The maximum absolute atomic E-state index is 13.3. The van der Waals surface area contributed by atoms with E-state index in [2.05, 4.69) is 0 Å². The van der Waals surface area contributed by atoms with Gasteiger partial charge in [-0.05, 0) is 44.5 Å². The third-order valence-electron chi connectivity index (χ3n) is 8.74. The summed E-state index contributed by atoms with van der Waals surface area (Å²) >= 11 is 0. The van der Waals surface area contributed by atoms with Gasteiger partial charge in [0.05, 0.1) is 28.5 Å². The Bertz CT molecular complexity index is 1870. The Kier molecular flexibility index (Phi) is 8.41. The second-order valence-electron chi connectivity index (χ2n) is 11.6. The molecule has 46 heavy (non-hydrogen) atoms. The van der Waals surface area contributed by atoms with E-state index >= 15 is 0 Å². The third-order valence-corrected chi connectivity index (χ3v) is 8.74. The van der Waals surface area contributed by atoms with Crippen LogP contribution in [0.25, 0.3) is 32.5 Å². The Morgan fingerprint density at radius 1 is 0.826 bits per heavy atom. The number of fused-ring (bicyclic) bond motifs is 5. The van der Waals surface area contributed by atoms with Crippen LogP contribution >= 0.6 is 0 Å². The molecule has 2 saturated heterocycles. The summed E-state index contributed by atoms with van der Waals surface area (Å²) in [7, 11) is 1.30. The van der Waals surface area contributed by atoms with Crippen molar-refractivity contribution >= 4 is 38.5 Å². The minimum absolute atomic E-state index is 0.0107. The van der Waals surface area contributed by atoms with Crippen molar-refractivity contribution in [2.45, 2.75) is 82.2 Å². The molecule has 3 aromatic carbocycles. The summed E-state index contributed by atoms with van der Waals surface area (Å²) in [4.78, 5) is 25.5. The number of carboxylic acid groups (broad SMARTS) is 1. The lowest BCUT2D eigenvalue weighted by Crippen LogP contribution is -2.64. The third kappa shape index (κ3) is 5.16. The van der Waals surface area contributed by atoms with E-state index in [-0.39, 0.29) is 49.6 Å². The molecule has 0 aliphatic carbocycles. The molecule has 14 nitrogen and oxygen atoms in total. The predicted octanol–water partition coefficient (Wildman–Crippen LogP) is 1.52. The second-order valence-corrected chi connectivity index (χ2v) is 11.6. The summed E-state index contributed by atoms with van der Waals surface area (Å²) in [5, 5.41) is 64.6. The van der Waals surface area contributed by atoms with Gasteiger partial charge >= 0.3 is 11.6 Å². The number of carbonyl (C=O) groups is 1. The van der Waals surface area contributed by atoms with Crippen LogP contribution in [-0.4, -0.2) is 105 Å². The smallest absolute Gasteiger partial charge is 0.344 e. The Morgan fingerprint density at radius 3 is 2.22 bits per heavy atom. The Hall–Kier alpha value is -3.86. The molecule has 0 bridgehead atoms. The first-order chi connectivity index (χ1) is 21.8. The standard InChI is InChI=1S/C32H34O14/c1-11-8-9-15(29(38)39)20-16-10-17(33)14-6-5-7-18(21(14)26(16)45-30(40)19(11)20)44-32-28(24(36)22(34)12(2)43-32)46-31-25(37)27(41-4)23(35)13(3)42-31/h5-10,12-13,22-25,27-28,31-37H,1-4H3,(H,38,39)/t12-,13+,22+,23-,24-,25+,27-,28+,31-,32+/m1/s1. The molecule has 10 atom stereocenters. The Labute approximate surface area is 260 Å². The van der Waals surface area contributed by atoms with Gasteiger partial charge in [0.1, 0.15) is 42.0 Å². The fraction of sp³-hybridized carbons (Fsp3) is 0.438. The molecule has 0 saturated carbocycles. The summed E-state index contributed by atoms with van der Waals surface area (Å²) in [6, 6.07) is 8.74. The highest BCUT2D eigenvalue weighted by atomic mass is 16.8. The number of rotatable bonds is 6. The average molecular weight is 643 g/mol. The van der Waals surface area contributed by atoms with Crippen molar-refractivity contribution in [3.63, 3.8) is 0 Å². The van der Waals surface area contributed by atoms with Crippen molar-refractivity contribution in [2.75, 3.05) is 7.11 Å². The van der Waals surface area contributed by atoms with Crippen molar-refractivity contribution in [2.24, 2.45) is 0 Å². The number of aromatic carboxylic acids is 1. The number of carboxylic acids is 1. The maximum atomic E-state index is 13.3. The van der Waals surface area contributed by atoms with Gasteiger partial charge in [-0.3, -0.25) is 0 Å². The van der Waals surface area contributed by atoms with Crippen molar-refractivity contribution in [1.82, 2.24) is 0 Å². The van der Waals surface area contributed by atoms with Gasteiger partial charge in [-0.1, -0.05) is 18.2 Å². The van der Waals surface area contributed by atoms with E-state index in [4.69, 9.17) is 28.1 Å². The number of phenols is 1. The highest BCUT2D eigenvalue weighted by molar-refractivity contribution is 6.21. The molecule has 0 spiro atoms. The van der Waals surface area contributed by atoms with E-state index in [1.54, 1.807) is 19.9 Å². The molecule has 4 aromatic rings. The van der Waals surface area contributed by atoms with Gasteiger partial charge in [-0.2, -0.15) is 0 Å². The Balaban J connectivity index is 1.49. The molecule has 2 aliphatic heterocycles. The zero-order chi connectivity index (χ0) is 33.2. The lowest BCUT2D eigenvalue weighted by molar-refractivity contribution is -0.353. The first kappa shape index (κ1) is 32.1. The van der Waals surface area contributed by atoms with E-state index in [0.29, 0.717) is 5.56 Å². The highest BCUT2D eigenvalue weighted by Crippen LogP contribution is 2.42. The number of aliphatic hydroxyl groups excluding tert-OH is 4. The first-order valence-electron chi connectivity index (χ1n) is 14.6. The quantitative estimate of drug-likeness (QED) is 0.130.